The predicted molar refractivity (Wildman–Crippen MR) is 197 cm³/mol. The molecule has 0 aromatic heterocycles. The normalized spacial score (nSPS) is 52.0. The van der Waals surface area contributed by atoms with E-state index in [9.17, 15) is 10.2 Å². The highest BCUT2D eigenvalue weighted by atomic mass is 16.7. The summed E-state index contributed by atoms with van der Waals surface area (Å²) >= 11 is 0. The molecule has 6 saturated carbocycles. The van der Waals surface area contributed by atoms with Crippen LogP contribution in [0.5, 0.6) is 0 Å². The first-order valence-electron chi connectivity index (χ1n) is 21.5. The molecule has 14 atom stereocenters. The minimum absolute atomic E-state index is 0.0270. The summed E-state index contributed by atoms with van der Waals surface area (Å²) < 4.78 is 26.5. The summed E-state index contributed by atoms with van der Waals surface area (Å²) in [4.78, 5) is 5.37. The zero-order valence-corrected chi connectivity index (χ0v) is 33.4. The molecular weight excluding hydrogens is 640 g/mol. The van der Waals surface area contributed by atoms with Crippen molar-refractivity contribution in [3.8, 4) is 0 Å². The number of rotatable bonds is 8. The first kappa shape index (κ1) is 36.3. The first-order valence-corrected chi connectivity index (χ1v) is 21.5. The molecule has 2 N–H and O–H groups in total. The number of nitrogens with zero attached hydrogens (tertiary/aromatic N) is 2. The Morgan fingerprint density at radius 3 is 2.31 bits per heavy atom. The van der Waals surface area contributed by atoms with Gasteiger partial charge in [0.15, 0.2) is 6.29 Å². The van der Waals surface area contributed by atoms with Crippen molar-refractivity contribution in [2.75, 3.05) is 39.4 Å². The van der Waals surface area contributed by atoms with Crippen LogP contribution in [-0.2, 0) is 18.9 Å². The Hall–Kier alpha value is -0.320. The number of hydrogen-bond donors (Lipinski definition) is 2. The number of ether oxygens (including phenoxy) is 4. The molecule has 51 heavy (non-hydrogen) atoms. The fourth-order valence-corrected chi connectivity index (χ4v) is 15.7. The van der Waals surface area contributed by atoms with Gasteiger partial charge in [-0.3, -0.25) is 9.80 Å². The summed E-state index contributed by atoms with van der Waals surface area (Å²) in [7, 11) is 0. The number of aliphatic hydroxyl groups is 2. The van der Waals surface area contributed by atoms with Gasteiger partial charge in [-0.25, -0.2) is 0 Å². The molecule has 1 unspecified atom stereocenters. The lowest BCUT2D eigenvalue weighted by Gasteiger charge is -2.64. The van der Waals surface area contributed by atoms with Crippen LogP contribution in [0.2, 0.25) is 0 Å². The molecule has 6 aliphatic carbocycles. The van der Waals surface area contributed by atoms with Crippen LogP contribution in [0.4, 0.5) is 0 Å². The Kier molecular flexibility index (Phi) is 8.61. The fourth-order valence-electron chi connectivity index (χ4n) is 15.7. The van der Waals surface area contributed by atoms with E-state index >= 15 is 0 Å². The van der Waals surface area contributed by atoms with Gasteiger partial charge >= 0.3 is 0 Å². The van der Waals surface area contributed by atoms with Gasteiger partial charge in [0.25, 0.3) is 0 Å². The van der Waals surface area contributed by atoms with E-state index in [0.29, 0.717) is 47.2 Å². The average Bonchev–Trinajstić information content (AvgIpc) is 3.66. The van der Waals surface area contributed by atoms with Crippen LogP contribution in [0.15, 0.2) is 0 Å². The van der Waals surface area contributed by atoms with Crippen LogP contribution < -0.4 is 0 Å². The highest BCUT2D eigenvalue weighted by molar-refractivity contribution is 5.33. The summed E-state index contributed by atoms with van der Waals surface area (Å²) in [5.74, 6) is 1.88. The van der Waals surface area contributed by atoms with Crippen molar-refractivity contribution in [3.63, 3.8) is 0 Å². The lowest BCUT2D eigenvalue weighted by atomic mass is 9.41. The average molecular weight is 713 g/mol. The van der Waals surface area contributed by atoms with E-state index in [0.717, 1.165) is 38.6 Å². The van der Waals surface area contributed by atoms with Gasteiger partial charge in [-0.2, -0.15) is 0 Å². The summed E-state index contributed by atoms with van der Waals surface area (Å²) in [5, 5.41) is 23.8. The van der Waals surface area contributed by atoms with Gasteiger partial charge in [-0.1, -0.05) is 41.0 Å². The predicted octanol–water partition coefficient (Wildman–Crippen LogP) is 6.26. The molecule has 0 aromatic carbocycles. The molecule has 3 aliphatic heterocycles. The van der Waals surface area contributed by atoms with E-state index in [2.05, 4.69) is 44.4 Å². The first-order chi connectivity index (χ1) is 24.1. The van der Waals surface area contributed by atoms with Crippen LogP contribution in [0.3, 0.4) is 0 Å². The minimum Gasteiger partial charge on any atom is -0.390 e. The summed E-state index contributed by atoms with van der Waals surface area (Å²) in [6.45, 7) is 23.9. The highest BCUT2D eigenvalue weighted by Crippen LogP contribution is 2.89. The van der Waals surface area contributed by atoms with E-state index in [4.69, 9.17) is 18.9 Å². The highest BCUT2D eigenvalue weighted by Gasteiger charge is 2.84. The monoisotopic (exact) mass is 713 g/mol. The molecule has 0 bridgehead atoms. The molecule has 8 heteroatoms. The number of likely N-dealkylation sites (tertiary alicyclic amines) is 1. The van der Waals surface area contributed by atoms with E-state index in [1.165, 1.54) is 70.9 Å². The minimum atomic E-state index is -1.01. The van der Waals surface area contributed by atoms with Crippen molar-refractivity contribution in [2.24, 2.45) is 50.7 Å². The van der Waals surface area contributed by atoms with Crippen molar-refractivity contribution in [2.45, 2.75) is 181 Å². The Labute approximate surface area is 309 Å². The second-order valence-electron chi connectivity index (χ2n) is 21.2. The molecule has 290 valence electrons. The van der Waals surface area contributed by atoms with Gasteiger partial charge in [0.2, 0.25) is 0 Å². The zero-order valence-electron chi connectivity index (χ0n) is 33.4. The van der Waals surface area contributed by atoms with E-state index in [1.54, 1.807) is 0 Å². The van der Waals surface area contributed by atoms with Gasteiger partial charge in [0, 0.05) is 50.3 Å². The van der Waals surface area contributed by atoms with Crippen molar-refractivity contribution >= 4 is 0 Å². The smallest absolute Gasteiger partial charge is 0.170 e. The Balaban J connectivity index is 0.906. The lowest BCUT2D eigenvalue weighted by Crippen LogP contribution is -2.66. The van der Waals surface area contributed by atoms with Crippen LogP contribution in [0.25, 0.3) is 0 Å². The molecule has 9 fully saturated rings. The van der Waals surface area contributed by atoms with Gasteiger partial charge < -0.3 is 29.2 Å². The van der Waals surface area contributed by atoms with E-state index in [1.807, 2.05) is 20.8 Å². The van der Waals surface area contributed by atoms with Gasteiger partial charge in [-0.15, -0.1) is 0 Å². The van der Waals surface area contributed by atoms with Gasteiger partial charge in [0.1, 0.15) is 6.10 Å². The van der Waals surface area contributed by atoms with Crippen LogP contribution in [0.1, 0.15) is 126 Å². The molecule has 3 heterocycles. The maximum Gasteiger partial charge on any atom is 0.170 e. The van der Waals surface area contributed by atoms with Gasteiger partial charge in [0.05, 0.1) is 36.6 Å². The maximum absolute atomic E-state index is 12.7. The second kappa shape index (κ2) is 12.1. The third-order valence-corrected chi connectivity index (χ3v) is 18.5. The molecular formula is C43H72N2O6. The molecule has 0 amide bonds. The topological polar surface area (TPSA) is 83.9 Å². The quantitative estimate of drug-likeness (QED) is 0.306. The fraction of sp³-hybridized carbons (Fsp3) is 1.00. The van der Waals surface area contributed by atoms with E-state index < -0.39 is 17.8 Å². The van der Waals surface area contributed by atoms with Crippen molar-refractivity contribution in [1.29, 1.82) is 0 Å². The SMILES string of the molecule is CCO[C@@H]([C@H]1C[C@@H](C)[C@H]2[C@H](O1)[C@H](O)[C@@]1(C)[C@@H]3CC[C@H]4C(C)(C)[C@@H](O[C@H]5CN(C6CN(C7CCC7)C6)CCO5)CC[C@@]45CC35CC[C@]21C)C(C)(C)O. The number of fused-ring (bicyclic) bond motifs is 4. The molecule has 9 rings (SSSR count). The zero-order chi connectivity index (χ0) is 35.9. The third-order valence-electron chi connectivity index (χ3n) is 18.5. The molecule has 0 aromatic rings. The maximum atomic E-state index is 12.7. The largest absolute Gasteiger partial charge is 0.390 e. The second-order valence-corrected chi connectivity index (χ2v) is 21.2. The van der Waals surface area contributed by atoms with Gasteiger partial charge in [-0.05, 0) is 130 Å². The number of aliphatic hydroxyl groups excluding tert-OH is 1. The van der Waals surface area contributed by atoms with Crippen molar-refractivity contribution < 1.29 is 29.2 Å². The summed E-state index contributed by atoms with van der Waals surface area (Å²) in [5.41, 5.74) is -0.399. The Morgan fingerprint density at radius 1 is 0.902 bits per heavy atom. The summed E-state index contributed by atoms with van der Waals surface area (Å²) in [6.07, 6.45) is 12.5. The molecule has 8 nitrogen and oxygen atoms in total. The van der Waals surface area contributed by atoms with Crippen LogP contribution in [-0.4, -0.2) is 114 Å². The van der Waals surface area contributed by atoms with Crippen molar-refractivity contribution in [1.82, 2.24) is 9.80 Å². The van der Waals surface area contributed by atoms with Crippen molar-refractivity contribution in [3.05, 3.63) is 0 Å². The molecule has 3 saturated heterocycles. The Bertz CT molecular complexity index is 1330. The molecule has 2 spiro atoms. The Morgan fingerprint density at radius 2 is 1.63 bits per heavy atom. The molecule has 9 aliphatic rings. The number of hydrogen-bond acceptors (Lipinski definition) is 8. The van der Waals surface area contributed by atoms with E-state index in [-0.39, 0.29) is 40.8 Å². The number of morpholine rings is 1. The third kappa shape index (κ3) is 4.97. The summed E-state index contributed by atoms with van der Waals surface area (Å²) in [6, 6.07) is 1.53. The lowest BCUT2D eigenvalue weighted by molar-refractivity contribution is -0.254. The van der Waals surface area contributed by atoms with Crippen LogP contribution >= 0.6 is 0 Å². The van der Waals surface area contributed by atoms with Crippen LogP contribution in [0, 0.1) is 50.7 Å². The molecule has 0 radical (unpaired) electrons. The standard InChI is InChI=1S/C43H72N2O6/c1-9-48-37(39(5,6)47)29-21-26(2)34-35(50-29)36(46)41(8)31-14-13-30-38(3,4)32(15-16-42(30)25-43(31,42)18-17-40(34,41)7)51-33-24-44(19-20-49-33)28-22-45(23-28)27-11-10-12-27/h26-37,46-47H,9-25H2,1-8H3/t26-,29-,30+,31+,32+,33+,34+,35+,36+,37+,40-,41-,42-,43?/m1/s1.